The van der Waals surface area contributed by atoms with Crippen LogP contribution in [0.2, 0.25) is 0 Å². The molecule has 0 spiro atoms. The number of esters is 1. The second-order valence-corrected chi connectivity index (χ2v) is 3.56. The van der Waals surface area contributed by atoms with Gasteiger partial charge in [-0.25, -0.2) is 0 Å². The third-order valence-electron chi connectivity index (χ3n) is 2.27. The summed E-state index contributed by atoms with van der Waals surface area (Å²) in [6, 6.07) is 10.6. The van der Waals surface area contributed by atoms with E-state index in [0.29, 0.717) is 12.3 Å². The van der Waals surface area contributed by atoms with Gasteiger partial charge in [-0.3, -0.25) is 4.79 Å². The number of nitrogens with zero attached hydrogens (tertiary/aromatic N) is 2. The molecule has 0 fully saturated rings. The topological polar surface area (TPSA) is 85.9 Å². The molecule has 0 radical (unpaired) electrons. The zero-order valence-electron chi connectivity index (χ0n) is 10.5. The number of nitriles is 2. The Bertz CT molecular complexity index is 549. The number of nitrogens with one attached hydrogen (secondary N) is 1. The third-order valence-corrected chi connectivity index (χ3v) is 2.27. The second kappa shape index (κ2) is 7.52. The Balaban J connectivity index is 2.85. The van der Waals surface area contributed by atoms with Crippen molar-refractivity contribution in [3.8, 4) is 12.1 Å². The standard InChI is InChI=1S/C14H13N3O2/c1-2-19-14(18)7-12-5-3-4-6-13(12)17-10-11(8-15)9-16/h3-6,10,17H,2,7H2,1H3. The third kappa shape index (κ3) is 4.53. The molecule has 5 nitrogen and oxygen atoms in total. The molecule has 1 rings (SSSR count). The van der Waals surface area contributed by atoms with Crippen molar-refractivity contribution >= 4 is 11.7 Å². The van der Waals surface area contributed by atoms with Gasteiger partial charge in [0.25, 0.3) is 0 Å². The summed E-state index contributed by atoms with van der Waals surface area (Å²) >= 11 is 0. The van der Waals surface area contributed by atoms with Gasteiger partial charge in [0.05, 0.1) is 13.0 Å². The Hall–Kier alpha value is -2.79. The molecule has 0 aliphatic carbocycles. The van der Waals surface area contributed by atoms with Crippen molar-refractivity contribution < 1.29 is 9.53 Å². The highest BCUT2D eigenvalue weighted by molar-refractivity contribution is 5.75. The molecular weight excluding hydrogens is 242 g/mol. The molecule has 1 aromatic carbocycles. The smallest absolute Gasteiger partial charge is 0.310 e. The van der Waals surface area contributed by atoms with E-state index in [1.165, 1.54) is 6.20 Å². The summed E-state index contributed by atoms with van der Waals surface area (Å²) in [5.41, 5.74) is 1.37. The van der Waals surface area contributed by atoms with Gasteiger partial charge in [-0.15, -0.1) is 0 Å². The zero-order valence-corrected chi connectivity index (χ0v) is 10.5. The van der Waals surface area contributed by atoms with Crippen molar-refractivity contribution in [2.24, 2.45) is 0 Å². The Morgan fingerprint density at radius 2 is 2.05 bits per heavy atom. The maximum Gasteiger partial charge on any atom is 0.310 e. The fourth-order valence-corrected chi connectivity index (χ4v) is 1.42. The molecule has 0 aliphatic heterocycles. The number of hydrogen-bond donors (Lipinski definition) is 1. The molecule has 1 aromatic rings. The van der Waals surface area contributed by atoms with Crippen molar-refractivity contribution in [2.45, 2.75) is 13.3 Å². The van der Waals surface area contributed by atoms with Gasteiger partial charge in [0.1, 0.15) is 17.7 Å². The van der Waals surface area contributed by atoms with Gasteiger partial charge in [-0.05, 0) is 18.6 Å². The first kappa shape index (κ1) is 14.3. The molecule has 0 bridgehead atoms. The summed E-state index contributed by atoms with van der Waals surface area (Å²) in [6.07, 6.45) is 1.45. The Morgan fingerprint density at radius 1 is 1.37 bits per heavy atom. The number of carbonyl (C=O) groups excluding carboxylic acids is 1. The van der Waals surface area contributed by atoms with E-state index in [-0.39, 0.29) is 18.0 Å². The first-order valence-electron chi connectivity index (χ1n) is 5.71. The van der Waals surface area contributed by atoms with Crippen molar-refractivity contribution in [1.29, 1.82) is 10.5 Å². The molecule has 0 unspecified atom stereocenters. The van der Waals surface area contributed by atoms with E-state index >= 15 is 0 Å². The monoisotopic (exact) mass is 255 g/mol. The quantitative estimate of drug-likeness (QED) is 0.643. The lowest BCUT2D eigenvalue weighted by atomic mass is 10.1. The molecule has 0 aromatic heterocycles. The number of benzene rings is 1. The lowest BCUT2D eigenvalue weighted by Gasteiger charge is -2.08. The number of para-hydroxylation sites is 1. The van der Waals surface area contributed by atoms with Gasteiger partial charge in [-0.1, -0.05) is 18.2 Å². The number of ether oxygens (including phenoxy) is 1. The van der Waals surface area contributed by atoms with E-state index in [0.717, 1.165) is 5.56 Å². The van der Waals surface area contributed by atoms with Crippen LogP contribution in [0.3, 0.4) is 0 Å². The number of anilines is 1. The van der Waals surface area contributed by atoms with Crippen LogP contribution in [0, 0.1) is 22.7 Å². The molecule has 0 heterocycles. The Kier molecular flexibility index (Phi) is 5.65. The normalized spacial score (nSPS) is 8.79. The predicted molar refractivity (Wildman–Crippen MR) is 69.7 cm³/mol. The van der Waals surface area contributed by atoms with Crippen LogP contribution < -0.4 is 5.32 Å². The van der Waals surface area contributed by atoms with Gasteiger partial charge in [0, 0.05) is 11.9 Å². The van der Waals surface area contributed by atoms with Crippen LogP contribution in [-0.4, -0.2) is 12.6 Å². The fraction of sp³-hybridized carbons (Fsp3) is 0.214. The number of allylic oxidation sites excluding steroid dienone is 1. The zero-order chi connectivity index (χ0) is 14.1. The molecule has 0 saturated carbocycles. The fourth-order valence-electron chi connectivity index (χ4n) is 1.42. The summed E-state index contributed by atoms with van der Waals surface area (Å²) in [4.78, 5) is 11.4. The largest absolute Gasteiger partial charge is 0.466 e. The van der Waals surface area contributed by atoms with Crippen molar-refractivity contribution in [3.63, 3.8) is 0 Å². The molecule has 1 N–H and O–H groups in total. The first-order chi connectivity index (χ1) is 9.21. The first-order valence-corrected chi connectivity index (χ1v) is 5.71. The summed E-state index contributed by atoms with van der Waals surface area (Å²) in [7, 11) is 0. The highest BCUT2D eigenvalue weighted by Crippen LogP contribution is 2.16. The van der Waals surface area contributed by atoms with Crippen LogP contribution in [0.15, 0.2) is 36.0 Å². The molecular formula is C14H13N3O2. The number of carbonyl (C=O) groups is 1. The van der Waals surface area contributed by atoms with Gasteiger partial charge >= 0.3 is 5.97 Å². The van der Waals surface area contributed by atoms with E-state index in [1.54, 1.807) is 43.3 Å². The Labute approximate surface area is 111 Å². The number of rotatable bonds is 5. The van der Waals surface area contributed by atoms with Crippen LogP contribution in [0.5, 0.6) is 0 Å². The average Bonchev–Trinajstić information content (AvgIpc) is 2.42. The van der Waals surface area contributed by atoms with Crippen LogP contribution in [0.1, 0.15) is 12.5 Å². The van der Waals surface area contributed by atoms with Crippen LogP contribution in [-0.2, 0) is 16.0 Å². The summed E-state index contributed by atoms with van der Waals surface area (Å²) in [5.74, 6) is -0.318. The Morgan fingerprint density at radius 3 is 2.68 bits per heavy atom. The average molecular weight is 255 g/mol. The minimum Gasteiger partial charge on any atom is -0.466 e. The van der Waals surface area contributed by atoms with Gasteiger partial charge in [-0.2, -0.15) is 10.5 Å². The lowest BCUT2D eigenvalue weighted by molar-refractivity contribution is -0.142. The van der Waals surface area contributed by atoms with Crippen LogP contribution >= 0.6 is 0 Å². The maximum absolute atomic E-state index is 11.4. The van der Waals surface area contributed by atoms with Crippen molar-refractivity contribution in [3.05, 3.63) is 41.6 Å². The summed E-state index contributed by atoms with van der Waals surface area (Å²) in [5, 5.41) is 20.1. The lowest BCUT2D eigenvalue weighted by Crippen LogP contribution is -2.09. The highest BCUT2D eigenvalue weighted by atomic mass is 16.5. The maximum atomic E-state index is 11.4. The number of hydrogen-bond acceptors (Lipinski definition) is 5. The van der Waals surface area contributed by atoms with Crippen molar-refractivity contribution in [2.75, 3.05) is 11.9 Å². The van der Waals surface area contributed by atoms with E-state index in [9.17, 15) is 4.79 Å². The predicted octanol–water partition coefficient (Wildman–Crippen LogP) is 2.14. The SMILES string of the molecule is CCOC(=O)Cc1ccccc1NC=C(C#N)C#N. The minimum absolute atomic E-state index is 0.0362. The van der Waals surface area contributed by atoms with Gasteiger partial charge in [0.15, 0.2) is 0 Å². The molecule has 96 valence electrons. The van der Waals surface area contributed by atoms with E-state index < -0.39 is 0 Å². The molecule has 0 atom stereocenters. The molecule has 0 amide bonds. The van der Waals surface area contributed by atoms with Gasteiger partial charge in [0.2, 0.25) is 0 Å². The highest BCUT2D eigenvalue weighted by Gasteiger charge is 2.07. The van der Waals surface area contributed by atoms with E-state index in [4.69, 9.17) is 15.3 Å². The van der Waals surface area contributed by atoms with Gasteiger partial charge < -0.3 is 10.1 Å². The van der Waals surface area contributed by atoms with E-state index in [1.807, 2.05) is 0 Å². The van der Waals surface area contributed by atoms with Crippen LogP contribution in [0.25, 0.3) is 0 Å². The summed E-state index contributed by atoms with van der Waals surface area (Å²) < 4.78 is 4.88. The van der Waals surface area contributed by atoms with Crippen molar-refractivity contribution in [1.82, 2.24) is 0 Å². The minimum atomic E-state index is -0.318. The second-order valence-electron chi connectivity index (χ2n) is 3.56. The molecule has 0 aliphatic rings. The molecule has 0 saturated heterocycles. The van der Waals surface area contributed by atoms with E-state index in [2.05, 4.69) is 5.32 Å². The van der Waals surface area contributed by atoms with Crippen LogP contribution in [0.4, 0.5) is 5.69 Å². The summed E-state index contributed by atoms with van der Waals surface area (Å²) in [6.45, 7) is 2.08. The molecule has 5 heteroatoms. The molecule has 19 heavy (non-hydrogen) atoms.